The fourth-order valence-corrected chi connectivity index (χ4v) is 4.41. The van der Waals surface area contributed by atoms with Crippen LogP contribution in [0.2, 0.25) is 0 Å². The van der Waals surface area contributed by atoms with Gasteiger partial charge < -0.3 is 10.0 Å². The Morgan fingerprint density at radius 1 is 1.13 bits per heavy atom. The third-order valence-corrected chi connectivity index (χ3v) is 5.60. The van der Waals surface area contributed by atoms with Crippen LogP contribution in [0.3, 0.4) is 0 Å². The molecule has 1 atom stereocenters. The van der Waals surface area contributed by atoms with Gasteiger partial charge in [0.15, 0.2) is 9.84 Å². The van der Waals surface area contributed by atoms with E-state index >= 15 is 0 Å². The number of benzene rings is 1. The van der Waals surface area contributed by atoms with Gasteiger partial charge in [0.25, 0.3) is 0 Å². The van der Waals surface area contributed by atoms with Crippen LogP contribution in [-0.4, -0.2) is 49.1 Å². The van der Waals surface area contributed by atoms with E-state index in [1.54, 1.807) is 35.2 Å². The summed E-state index contributed by atoms with van der Waals surface area (Å²) in [5.41, 5.74) is 0.613. The number of aliphatic carboxylic acids is 1. The zero-order valence-electron chi connectivity index (χ0n) is 12.8. The Bertz CT molecular complexity index is 650. The lowest BCUT2D eigenvalue weighted by atomic mass is 10.1. The van der Waals surface area contributed by atoms with Gasteiger partial charge >= 0.3 is 5.97 Å². The molecule has 6 nitrogen and oxygen atoms in total. The van der Waals surface area contributed by atoms with Crippen LogP contribution in [0.4, 0.5) is 0 Å². The second-order valence-corrected chi connectivity index (χ2v) is 7.98. The topological polar surface area (TPSA) is 91.8 Å². The van der Waals surface area contributed by atoms with E-state index in [9.17, 15) is 23.1 Å². The largest absolute Gasteiger partial charge is 0.481 e. The predicted octanol–water partition coefficient (Wildman–Crippen LogP) is 1.31. The average Bonchev–Trinajstić information content (AvgIpc) is 3.01. The number of rotatable bonds is 7. The third kappa shape index (κ3) is 5.35. The highest BCUT2D eigenvalue weighted by molar-refractivity contribution is 7.90. The zero-order valence-corrected chi connectivity index (χ0v) is 13.7. The second-order valence-electron chi connectivity index (χ2n) is 5.87. The molecule has 2 rings (SSSR count). The van der Waals surface area contributed by atoms with E-state index < -0.39 is 27.5 Å². The van der Waals surface area contributed by atoms with Crippen molar-refractivity contribution < 1.29 is 23.1 Å². The maximum Gasteiger partial charge on any atom is 0.308 e. The molecule has 1 N–H and O–H groups in total. The van der Waals surface area contributed by atoms with E-state index in [4.69, 9.17) is 0 Å². The van der Waals surface area contributed by atoms with Crippen LogP contribution in [0.15, 0.2) is 30.3 Å². The molecule has 1 saturated heterocycles. The van der Waals surface area contributed by atoms with Crippen molar-refractivity contribution in [2.45, 2.75) is 25.0 Å². The normalized spacial score (nSPS) is 16.3. The molecule has 1 amide bonds. The van der Waals surface area contributed by atoms with Crippen molar-refractivity contribution in [3.05, 3.63) is 35.9 Å². The fourth-order valence-electron chi connectivity index (χ4n) is 2.72. The standard InChI is InChI=1S/C16H21NO5S/c18-15(17-8-4-5-9-17)10-14(16(19)20)12-23(21,22)11-13-6-2-1-3-7-13/h1-3,6-7,14H,4-5,8-12H2,(H,19,20). The Kier molecular flexibility index (Phi) is 5.76. The lowest BCUT2D eigenvalue weighted by molar-refractivity contribution is -0.144. The van der Waals surface area contributed by atoms with Crippen LogP contribution in [-0.2, 0) is 25.2 Å². The molecule has 1 aromatic rings. The van der Waals surface area contributed by atoms with Gasteiger partial charge in [-0.2, -0.15) is 0 Å². The number of carbonyl (C=O) groups excluding carboxylic acids is 1. The molecular formula is C16H21NO5S. The SMILES string of the molecule is O=C(O)C(CC(=O)N1CCCC1)CS(=O)(=O)Cc1ccccc1. The Morgan fingerprint density at radius 3 is 2.30 bits per heavy atom. The van der Waals surface area contributed by atoms with Crippen LogP contribution in [0.5, 0.6) is 0 Å². The van der Waals surface area contributed by atoms with Crippen molar-refractivity contribution in [1.82, 2.24) is 4.90 Å². The lowest BCUT2D eigenvalue weighted by Gasteiger charge is -2.18. The molecule has 0 saturated carbocycles. The van der Waals surface area contributed by atoms with E-state index in [-0.39, 0.29) is 18.1 Å². The maximum atomic E-state index is 12.2. The first-order valence-corrected chi connectivity index (χ1v) is 9.44. The molecule has 0 aromatic heterocycles. The summed E-state index contributed by atoms with van der Waals surface area (Å²) < 4.78 is 24.5. The van der Waals surface area contributed by atoms with E-state index in [0.717, 1.165) is 12.8 Å². The van der Waals surface area contributed by atoms with E-state index in [1.165, 1.54) is 0 Å². The molecule has 1 aliphatic heterocycles. The van der Waals surface area contributed by atoms with Gasteiger partial charge in [-0.25, -0.2) is 8.42 Å². The number of nitrogens with zero attached hydrogens (tertiary/aromatic N) is 1. The first-order valence-electron chi connectivity index (χ1n) is 7.62. The van der Waals surface area contributed by atoms with E-state index in [2.05, 4.69) is 0 Å². The van der Waals surface area contributed by atoms with Crippen molar-refractivity contribution >= 4 is 21.7 Å². The number of likely N-dealkylation sites (tertiary alicyclic amines) is 1. The highest BCUT2D eigenvalue weighted by atomic mass is 32.2. The fraction of sp³-hybridized carbons (Fsp3) is 0.500. The van der Waals surface area contributed by atoms with Crippen LogP contribution in [0.1, 0.15) is 24.8 Å². The Morgan fingerprint density at radius 2 is 1.74 bits per heavy atom. The highest BCUT2D eigenvalue weighted by Crippen LogP contribution is 2.16. The van der Waals surface area contributed by atoms with Crippen molar-refractivity contribution in [3.63, 3.8) is 0 Å². The minimum Gasteiger partial charge on any atom is -0.481 e. The second kappa shape index (κ2) is 7.59. The Labute approximate surface area is 136 Å². The van der Waals surface area contributed by atoms with Crippen LogP contribution in [0, 0.1) is 5.92 Å². The van der Waals surface area contributed by atoms with Gasteiger partial charge in [-0.15, -0.1) is 0 Å². The summed E-state index contributed by atoms with van der Waals surface area (Å²) in [6.07, 6.45) is 1.56. The quantitative estimate of drug-likeness (QED) is 0.809. The Balaban J connectivity index is 2.00. The first kappa shape index (κ1) is 17.5. The molecule has 7 heteroatoms. The predicted molar refractivity (Wildman–Crippen MR) is 85.5 cm³/mol. The molecule has 1 unspecified atom stereocenters. The zero-order chi connectivity index (χ0) is 16.9. The molecule has 1 heterocycles. The first-order chi connectivity index (χ1) is 10.9. The highest BCUT2D eigenvalue weighted by Gasteiger charge is 2.30. The van der Waals surface area contributed by atoms with Crippen molar-refractivity contribution in [3.8, 4) is 0 Å². The molecule has 0 radical (unpaired) electrons. The van der Waals surface area contributed by atoms with Crippen LogP contribution in [0.25, 0.3) is 0 Å². The summed E-state index contributed by atoms with van der Waals surface area (Å²) in [6, 6.07) is 8.61. The van der Waals surface area contributed by atoms with Gasteiger partial charge in [0.2, 0.25) is 5.91 Å². The van der Waals surface area contributed by atoms with Crippen molar-refractivity contribution in [2.24, 2.45) is 5.92 Å². The number of carboxylic acid groups (broad SMARTS) is 1. The Hall–Kier alpha value is -1.89. The molecule has 0 spiro atoms. The molecule has 1 aromatic carbocycles. The number of sulfone groups is 1. The molecular weight excluding hydrogens is 318 g/mol. The lowest BCUT2D eigenvalue weighted by Crippen LogP contribution is -2.34. The number of carbonyl (C=O) groups is 2. The third-order valence-electron chi connectivity index (χ3n) is 3.91. The van der Waals surface area contributed by atoms with E-state index in [1.807, 2.05) is 0 Å². The van der Waals surface area contributed by atoms with Crippen molar-refractivity contribution in [2.75, 3.05) is 18.8 Å². The van der Waals surface area contributed by atoms with Crippen molar-refractivity contribution in [1.29, 1.82) is 0 Å². The van der Waals surface area contributed by atoms with Gasteiger partial charge in [-0.1, -0.05) is 30.3 Å². The molecule has 0 bridgehead atoms. The molecule has 126 valence electrons. The van der Waals surface area contributed by atoms with Crippen LogP contribution >= 0.6 is 0 Å². The number of hydrogen-bond donors (Lipinski definition) is 1. The molecule has 0 aliphatic carbocycles. The van der Waals surface area contributed by atoms with Gasteiger partial charge in [0.1, 0.15) is 0 Å². The number of hydrogen-bond acceptors (Lipinski definition) is 4. The van der Waals surface area contributed by atoms with Gasteiger partial charge in [-0.3, -0.25) is 9.59 Å². The van der Waals surface area contributed by atoms with Gasteiger partial charge in [0, 0.05) is 19.5 Å². The number of amides is 1. The monoisotopic (exact) mass is 339 g/mol. The molecule has 1 aliphatic rings. The number of carboxylic acids is 1. The minimum absolute atomic E-state index is 0.213. The molecule has 1 fully saturated rings. The summed E-state index contributed by atoms with van der Waals surface area (Å²) in [5.74, 6) is -3.44. The summed E-state index contributed by atoms with van der Waals surface area (Å²) in [6.45, 7) is 1.25. The average molecular weight is 339 g/mol. The smallest absolute Gasteiger partial charge is 0.308 e. The van der Waals surface area contributed by atoms with E-state index in [0.29, 0.717) is 18.7 Å². The maximum absolute atomic E-state index is 12.2. The van der Waals surface area contributed by atoms with Gasteiger partial charge in [0.05, 0.1) is 17.4 Å². The minimum atomic E-state index is -3.60. The molecule has 23 heavy (non-hydrogen) atoms. The van der Waals surface area contributed by atoms with Crippen LogP contribution < -0.4 is 0 Å². The summed E-state index contributed by atoms with van der Waals surface area (Å²) in [7, 11) is -3.60. The van der Waals surface area contributed by atoms with Gasteiger partial charge in [-0.05, 0) is 18.4 Å². The summed E-state index contributed by atoms with van der Waals surface area (Å²) >= 11 is 0. The summed E-state index contributed by atoms with van der Waals surface area (Å²) in [5, 5.41) is 9.26. The summed E-state index contributed by atoms with van der Waals surface area (Å²) in [4.78, 5) is 25.0.